The van der Waals surface area contributed by atoms with Gasteiger partial charge < -0.3 is 10.2 Å². The van der Waals surface area contributed by atoms with Crippen molar-refractivity contribution in [3.05, 3.63) is 63.9 Å². The minimum Gasteiger partial charge on any atom is -0.354 e. The first-order valence-electron chi connectivity index (χ1n) is 10.2. The molecule has 1 N–H and O–H groups in total. The number of rotatable bonds is 10. The van der Waals surface area contributed by atoms with Crippen LogP contribution in [0.15, 0.2) is 42.5 Å². The normalized spacial score (nSPS) is 12.2. The minimum absolute atomic E-state index is 0.0129. The summed E-state index contributed by atoms with van der Waals surface area (Å²) in [6.45, 7) is 3.26. The number of halogens is 3. The first-order valence-corrected chi connectivity index (χ1v) is 12.8. The third-order valence-corrected chi connectivity index (χ3v) is 6.68. The molecule has 0 spiro atoms. The van der Waals surface area contributed by atoms with Gasteiger partial charge in [-0.3, -0.25) is 13.9 Å². The Morgan fingerprint density at radius 3 is 2.36 bits per heavy atom. The van der Waals surface area contributed by atoms with E-state index in [4.69, 9.17) is 23.2 Å². The summed E-state index contributed by atoms with van der Waals surface area (Å²) in [7, 11) is -3.94. The van der Waals surface area contributed by atoms with Crippen molar-refractivity contribution in [1.29, 1.82) is 0 Å². The van der Waals surface area contributed by atoms with E-state index in [1.54, 1.807) is 31.2 Å². The fourth-order valence-corrected chi connectivity index (χ4v) is 4.25. The number of hydrogen-bond acceptors (Lipinski definition) is 4. The highest BCUT2D eigenvalue weighted by Crippen LogP contribution is 2.25. The third-order valence-electron chi connectivity index (χ3n) is 4.89. The molecule has 1 atom stereocenters. The van der Waals surface area contributed by atoms with E-state index in [0.717, 1.165) is 22.7 Å². The van der Waals surface area contributed by atoms with Crippen LogP contribution in [0.5, 0.6) is 0 Å². The number of nitrogens with zero attached hydrogens (tertiary/aromatic N) is 2. The number of carbonyl (C=O) groups is 2. The minimum atomic E-state index is -3.94. The molecule has 0 aromatic heterocycles. The first-order chi connectivity index (χ1) is 15.5. The Morgan fingerprint density at radius 2 is 1.79 bits per heavy atom. The number of sulfonamides is 1. The van der Waals surface area contributed by atoms with E-state index in [0.29, 0.717) is 23.6 Å². The monoisotopic (exact) mass is 517 g/mol. The molecule has 0 saturated carbocycles. The molecule has 0 aliphatic rings. The number of nitrogens with one attached hydrogen (secondary N) is 1. The van der Waals surface area contributed by atoms with Crippen molar-refractivity contribution in [3.8, 4) is 0 Å². The highest BCUT2D eigenvalue weighted by molar-refractivity contribution is 7.92. The molecule has 2 amide bonds. The molecular formula is C22H26Cl2FN3O4S. The number of amides is 2. The van der Waals surface area contributed by atoms with Crippen LogP contribution in [0, 0.1) is 5.82 Å². The van der Waals surface area contributed by atoms with Gasteiger partial charge in [0.05, 0.1) is 17.0 Å². The molecule has 0 radical (unpaired) electrons. The van der Waals surface area contributed by atoms with Crippen molar-refractivity contribution in [1.82, 2.24) is 10.2 Å². The topological polar surface area (TPSA) is 86.8 Å². The number of hydrogen-bond donors (Lipinski definition) is 1. The predicted octanol–water partition coefficient (Wildman–Crippen LogP) is 3.84. The average molecular weight is 518 g/mol. The van der Waals surface area contributed by atoms with Gasteiger partial charge in [-0.15, -0.1) is 0 Å². The summed E-state index contributed by atoms with van der Waals surface area (Å²) in [4.78, 5) is 27.2. The van der Waals surface area contributed by atoms with Gasteiger partial charge in [0.1, 0.15) is 18.4 Å². The number of anilines is 1. The molecule has 0 heterocycles. The van der Waals surface area contributed by atoms with Crippen LogP contribution < -0.4 is 9.62 Å². The average Bonchev–Trinajstić information content (AvgIpc) is 2.75. The third kappa shape index (κ3) is 7.31. The van der Waals surface area contributed by atoms with Crippen LogP contribution in [-0.4, -0.2) is 50.5 Å². The van der Waals surface area contributed by atoms with E-state index >= 15 is 0 Å². The summed E-state index contributed by atoms with van der Waals surface area (Å²) in [5.74, 6) is -1.74. The second kappa shape index (κ2) is 11.7. The van der Waals surface area contributed by atoms with Gasteiger partial charge in [-0.2, -0.15) is 0 Å². The molecule has 2 aromatic rings. The molecule has 180 valence electrons. The number of carbonyl (C=O) groups excluding carboxylic acids is 2. The molecular weight excluding hydrogens is 492 g/mol. The Bertz CT molecular complexity index is 1110. The summed E-state index contributed by atoms with van der Waals surface area (Å²) >= 11 is 12.1. The van der Waals surface area contributed by atoms with Crippen LogP contribution in [0.4, 0.5) is 10.1 Å². The van der Waals surface area contributed by atoms with E-state index in [-0.39, 0.29) is 23.2 Å². The standard InChI is InChI=1S/C22H26Cl2FN3O4S/c1-4-11-26-22(30)15(2)27(13-16-7-5-6-8-18(16)23)21(29)14-28(33(3,31)32)17-9-10-20(25)19(24)12-17/h5-10,12,15H,4,11,13-14H2,1-3H3,(H,26,30)/t15-/m0/s1. The quantitative estimate of drug-likeness (QED) is 0.518. The van der Waals surface area contributed by atoms with Crippen molar-refractivity contribution in [3.63, 3.8) is 0 Å². The van der Waals surface area contributed by atoms with Crippen LogP contribution >= 0.6 is 23.2 Å². The van der Waals surface area contributed by atoms with E-state index < -0.39 is 34.3 Å². The highest BCUT2D eigenvalue weighted by atomic mass is 35.5. The maximum absolute atomic E-state index is 13.6. The molecule has 2 rings (SSSR count). The molecule has 0 aliphatic heterocycles. The van der Waals surface area contributed by atoms with Crippen LogP contribution in [0.25, 0.3) is 0 Å². The summed E-state index contributed by atoms with van der Waals surface area (Å²) < 4.78 is 39.3. The molecule has 2 aromatic carbocycles. The highest BCUT2D eigenvalue weighted by Gasteiger charge is 2.30. The molecule has 0 fully saturated rings. The van der Waals surface area contributed by atoms with Gasteiger partial charge in [0.25, 0.3) is 0 Å². The Kier molecular flexibility index (Phi) is 9.51. The molecule has 0 saturated heterocycles. The maximum Gasteiger partial charge on any atom is 0.244 e. The fraction of sp³-hybridized carbons (Fsp3) is 0.364. The Hall–Kier alpha value is -2.36. The van der Waals surface area contributed by atoms with Crippen LogP contribution in [-0.2, 0) is 26.2 Å². The molecule has 33 heavy (non-hydrogen) atoms. The Morgan fingerprint density at radius 1 is 1.12 bits per heavy atom. The summed E-state index contributed by atoms with van der Waals surface area (Å²) in [6.07, 6.45) is 1.64. The summed E-state index contributed by atoms with van der Waals surface area (Å²) in [6, 6.07) is 9.31. The van der Waals surface area contributed by atoms with E-state index in [1.165, 1.54) is 11.0 Å². The Balaban J connectivity index is 2.40. The van der Waals surface area contributed by atoms with Crippen molar-refractivity contribution in [2.24, 2.45) is 0 Å². The van der Waals surface area contributed by atoms with Crippen molar-refractivity contribution < 1.29 is 22.4 Å². The van der Waals surface area contributed by atoms with Crippen LogP contribution in [0.2, 0.25) is 10.0 Å². The SMILES string of the molecule is CCCNC(=O)[C@H](C)N(Cc1ccccc1Cl)C(=O)CN(c1ccc(F)c(Cl)c1)S(C)(=O)=O. The molecule has 11 heteroatoms. The molecule has 0 aliphatic carbocycles. The second-order valence-electron chi connectivity index (χ2n) is 7.45. The lowest BCUT2D eigenvalue weighted by Crippen LogP contribution is -2.51. The zero-order valence-corrected chi connectivity index (χ0v) is 20.8. The second-order valence-corrected chi connectivity index (χ2v) is 10.2. The smallest absolute Gasteiger partial charge is 0.244 e. The molecule has 7 nitrogen and oxygen atoms in total. The van der Waals surface area contributed by atoms with Crippen LogP contribution in [0.1, 0.15) is 25.8 Å². The Labute approximate surface area is 203 Å². The molecule has 0 bridgehead atoms. The zero-order valence-electron chi connectivity index (χ0n) is 18.5. The van der Waals surface area contributed by atoms with Gasteiger partial charge in [-0.1, -0.05) is 48.3 Å². The van der Waals surface area contributed by atoms with E-state index in [9.17, 15) is 22.4 Å². The van der Waals surface area contributed by atoms with Gasteiger partial charge in [0, 0.05) is 18.1 Å². The maximum atomic E-state index is 13.6. The van der Waals surface area contributed by atoms with Gasteiger partial charge in [-0.25, -0.2) is 12.8 Å². The largest absolute Gasteiger partial charge is 0.354 e. The summed E-state index contributed by atoms with van der Waals surface area (Å²) in [5.41, 5.74) is 0.622. The van der Waals surface area contributed by atoms with E-state index in [1.807, 2.05) is 6.92 Å². The van der Waals surface area contributed by atoms with Gasteiger partial charge in [-0.05, 0) is 43.2 Å². The van der Waals surface area contributed by atoms with Gasteiger partial charge in [0.2, 0.25) is 21.8 Å². The molecule has 0 unspecified atom stereocenters. The lowest BCUT2D eigenvalue weighted by molar-refractivity contribution is -0.139. The number of benzene rings is 2. The predicted molar refractivity (Wildman–Crippen MR) is 128 cm³/mol. The zero-order chi connectivity index (χ0) is 24.8. The van der Waals surface area contributed by atoms with Crippen molar-refractivity contribution >= 4 is 50.7 Å². The van der Waals surface area contributed by atoms with Crippen LogP contribution in [0.3, 0.4) is 0 Å². The van der Waals surface area contributed by atoms with Gasteiger partial charge in [0.15, 0.2) is 0 Å². The van der Waals surface area contributed by atoms with Gasteiger partial charge >= 0.3 is 0 Å². The van der Waals surface area contributed by atoms with Crippen molar-refractivity contribution in [2.45, 2.75) is 32.9 Å². The lowest BCUT2D eigenvalue weighted by Gasteiger charge is -2.31. The van der Waals surface area contributed by atoms with Crippen molar-refractivity contribution in [2.75, 3.05) is 23.7 Å². The lowest BCUT2D eigenvalue weighted by atomic mass is 10.1. The fourth-order valence-electron chi connectivity index (χ4n) is 3.04. The summed E-state index contributed by atoms with van der Waals surface area (Å²) in [5, 5.41) is 2.86. The first kappa shape index (κ1) is 26.9. The van der Waals surface area contributed by atoms with E-state index in [2.05, 4.69) is 5.32 Å².